The van der Waals surface area contributed by atoms with Crippen LogP contribution in [0.4, 0.5) is 0 Å². The number of carbonyl (C=O) groups is 2. The van der Waals surface area contributed by atoms with E-state index in [4.69, 9.17) is 34.8 Å². The zero-order chi connectivity index (χ0) is 26.1. The van der Waals surface area contributed by atoms with Crippen LogP contribution in [0.2, 0.25) is 15.1 Å². The number of amides is 2. The molecule has 36 heavy (non-hydrogen) atoms. The van der Waals surface area contributed by atoms with Crippen molar-refractivity contribution in [1.29, 1.82) is 0 Å². The van der Waals surface area contributed by atoms with Gasteiger partial charge in [-0.05, 0) is 54.7 Å². The molecule has 0 bridgehead atoms. The van der Waals surface area contributed by atoms with Crippen molar-refractivity contribution < 1.29 is 9.59 Å². The Kier molecular flexibility index (Phi) is 10.7. The minimum absolute atomic E-state index is 0.0131. The quantitative estimate of drug-likeness (QED) is 0.278. The summed E-state index contributed by atoms with van der Waals surface area (Å²) in [5.41, 5.74) is 2.66. The van der Waals surface area contributed by atoms with Crippen molar-refractivity contribution in [2.75, 3.05) is 0 Å². The summed E-state index contributed by atoms with van der Waals surface area (Å²) in [4.78, 5) is 28.9. The second-order valence-corrected chi connectivity index (χ2v) is 10.1. The number of rotatable bonds is 11. The van der Waals surface area contributed by atoms with Gasteiger partial charge >= 0.3 is 0 Å². The molecule has 4 nitrogen and oxygen atoms in total. The smallest absolute Gasteiger partial charge is 0.243 e. The molecule has 7 heteroatoms. The number of hydrogen-bond acceptors (Lipinski definition) is 2. The van der Waals surface area contributed by atoms with Crippen LogP contribution >= 0.6 is 34.8 Å². The molecule has 0 spiro atoms. The van der Waals surface area contributed by atoms with Crippen molar-refractivity contribution in [3.05, 3.63) is 105 Å². The number of carbonyl (C=O) groups excluding carboxylic acids is 2. The number of hydrogen-bond donors (Lipinski definition) is 1. The van der Waals surface area contributed by atoms with Crippen LogP contribution < -0.4 is 5.32 Å². The SMILES string of the molecule is CC[C@H](C)NC(=O)[C@H](Cc1ccccc1)N(Cc1ccc(Cl)c(Cl)c1)C(=O)CCc1ccccc1Cl. The summed E-state index contributed by atoms with van der Waals surface area (Å²) < 4.78 is 0. The van der Waals surface area contributed by atoms with E-state index < -0.39 is 6.04 Å². The van der Waals surface area contributed by atoms with Crippen molar-refractivity contribution in [1.82, 2.24) is 10.2 Å². The summed E-state index contributed by atoms with van der Waals surface area (Å²) in [7, 11) is 0. The van der Waals surface area contributed by atoms with Crippen LogP contribution in [0.15, 0.2) is 72.8 Å². The van der Waals surface area contributed by atoms with Crippen LogP contribution in [0.3, 0.4) is 0 Å². The van der Waals surface area contributed by atoms with E-state index in [9.17, 15) is 9.59 Å². The molecule has 3 aromatic rings. The molecule has 0 fully saturated rings. The zero-order valence-electron chi connectivity index (χ0n) is 20.5. The van der Waals surface area contributed by atoms with E-state index in [1.54, 1.807) is 17.0 Å². The van der Waals surface area contributed by atoms with Crippen molar-refractivity contribution in [3.8, 4) is 0 Å². The fourth-order valence-electron chi connectivity index (χ4n) is 3.92. The molecule has 0 aliphatic heterocycles. The first-order valence-electron chi connectivity index (χ1n) is 12.1. The summed E-state index contributed by atoms with van der Waals surface area (Å²) in [5, 5.41) is 4.54. The van der Waals surface area contributed by atoms with Crippen LogP contribution in [0.1, 0.15) is 43.4 Å². The number of aryl methyl sites for hydroxylation is 1. The van der Waals surface area contributed by atoms with Crippen molar-refractivity contribution in [3.63, 3.8) is 0 Å². The molecule has 0 aliphatic rings. The lowest BCUT2D eigenvalue weighted by Crippen LogP contribution is -2.52. The third-order valence-electron chi connectivity index (χ3n) is 6.18. The summed E-state index contributed by atoms with van der Waals surface area (Å²) in [6.07, 6.45) is 1.87. The highest BCUT2D eigenvalue weighted by Crippen LogP contribution is 2.25. The van der Waals surface area contributed by atoms with Gasteiger partial charge in [-0.3, -0.25) is 9.59 Å². The van der Waals surface area contributed by atoms with E-state index in [2.05, 4.69) is 5.32 Å². The molecule has 190 valence electrons. The first kappa shape index (κ1) is 28.0. The van der Waals surface area contributed by atoms with Crippen LogP contribution in [0.5, 0.6) is 0 Å². The van der Waals surface area contributed by atoms with Gasteiger partial charge in [0.1, 0.15) is 6.04 Å². The van der Waals surface area contributed by atoms with Crippen LogP contribution in [-0.4, -0.2) is 28.8 Å². The molecular weight excluding hydrogens is 515 g/mol. The summed E-state index contributed by atoms with van der Waals surface area (Å²) in [6, 6.07) is 21.8. The zero-order valence-corrected chi connectivity index (χ0v) is 22.8. The second kappa shape index (κ2) is 13.7. The van der Waals surface area contributed by atoms with Gasteiger partial charge in [0.25, 0.3) is 0 Å². The van der Waals surface area contributed by atoms with E-state index >= 15 is 0 Å². The Labute approximate surface area is 228 Å². The molecule has 0 saturated heterocycles. The minimum Gasteiger partial charge on any atom is -0.352 e. The highest BCUT2D eigenvalue weighted by molar-refractivity contribution is 6.42. The van der Waals surface area contributed by atoms with Gasteiger partial charge in [0.2, 0.25) is 11.8 Å². The van der Waals surface area contributed by atoms with Crippen molar-refractivity contribution in [2.24, 2.45) is 0 Å². The molecule has 0 aliphatic carbocycles. The van der Waals surface area contributed by atoms with Gasteiger partial charge in [-0.2, -0.15) is 0 Å². The molecule has 1 N–H and O–H groups in total. The Hall–Kier alpha value is -2.53. The molecule has 3 rings (SSSR count). The van der Waals surface area contributed by atoms with Gasteiger partial charge in [0.05, 0.1) is 10.0 Å². The molecule has 0 radical (unpaired) electrons. The van der Waals surface area contributed by atoms with E-state index in [1.165, 1.54) is 0 Å². The maximum absolute atomic E-state index is 13.7. The van der Waals surface area contributed by atoms with Gasteiger partial charge in [-0.25, -0.2) is 0 Å². The van der Waals surface area contributed by atoms with E-state index in [0.717, 1.165) is 23.1 Å². The van der Waals surface area contributed by atoms with E-state index in [-0.39, 0.29) is 30.8 Å². The van der Waals surface area contributed by atoms with Gasteiger partial charge < -0.3 is 10.2 Å². The summed E-state index contributed by atoms with van der Waals surface area (Å²) >= 11 is 18.7. The molecule has 2 atom stereocenters. The van der Waals surface area contributed by atoms with Crippen molar-refractivity contribution in [2.45, 2.75) is 58.2 Å². The van der Waals surface area contributed by atoms with Crippen LogP contribution in [0, 0.1) is 0 Å². The van der Waals surface area contributed by atoms with Gasteiger partial charge in [-0.15, -0.1) is 0 Å². The lowest BCUT2D eigenvalue weighted by atomic mass is 10.0. The summed E-state index contributed by atoms with van der Waals surface area (Å²) in [5.74, 6) is -0.319. The summed E-state index contributed by atoms with van der Waals surface area (Å²) in [6.45, 7) is 4.20. The fraction of sp³-hybridized carbons (Fsp3) is 0.310. The van der Waals surface area contributed by atoms with Crippen molar-refractivity contribution >= 4 is 46.6 Å². The minimum atomic E-state index is -0.699. The lowest BCUT2D eigenvalue weighted by molar-refractivity contribution is -0.141. The molecule has 0 unspecified atom stereocenters. The van der Waals surface area contributed by atoms with Crippen LogP contribution in [0.25, 0.3) is 0 Å². The Morgan fingerprint density at radius 2 is 1.56 bits per heavy atom. The Balaban J connectivity index is 1.94. The van der Waals surface area contributed by atoms with E-state index in [1.807, 2.05) is 74.5 Å². The molecule has 2 amide bonds. The predicted molar refractivity (Wildman–Crippen MR) is 149 cm³/mol. The average Bonchev–Trinajstić information content (AvgIpc) is 2.88. The van der Waals surface area contributed by atoms with Gasteiger partial charge in [0.15, 0.2) is 0 Å². The normalized spacial score (nSPS) is 12.6. The standard InChI is InChI=1S/C29H31Cl3N2O2/c1-3-20(2)33-29(36)27(18-21-9-5-4-6-10-21)34(19-22-13-15-25(31)26(32)17-22)28(35)16-14-23-11-7-8-12-24(23)30/h4-13,15,17,20,27H,3,14,16,18-19H2,1-2H3,(H,33,36)/t20-,27-/m0/s1. The second-order valence-electron chi connectivity index (χ2n) is 8.88. The average molecular weight is 546 g/mol. The maximum atomic E-state index is 13.7. The number of nitrogens with zero attached hydrogens (tertiary/aromatic N) is 1. The third-order valence-corrected chi connectivity index (χ3v) is 7.28. The maximum Gasteiger partial charge on any atom is 0.243 e. The topological polar surface area (TPSA) is 49.4 Å². The van der Waals surface area contributed by atoms with Gasteiger partial charge in [0, 0.05) is 30.5 Å². The Morgan fingerprint density at radius 3 is 2.22 bits per heavy atom. The molecule has 0 heterocycles. The molecule has 3 aromatic carbocycles. The first-order chi connectivity index (χ1) is 17.3. The monoisotopic (exact) mass is 544 g/mol. The first-order valence-corrected chi connectivity index (χ1v) is 13.2. The fourth-order valence-corrected chi connectivity index (χ4v) is 4.47. The molecule has 0 saturated carbocycles. The molecular formula is C29H31Cl3N2O2. The molecule has 0 aromatic heterocycles. The predicted octanol–water partition coefficient (Wildman–Crippen LogP) is 7.13. The van der Waals surface area contributed by atoms with Crippen LogP contribution in [-0.2, 0) is 29.0 Å². The highest BCUT2D eigenvalue weighted by atomic mass is 35.5. The Bertz CT molecular complexity index is 1170. The number of halogens is 3. The Morgan fingerprint density at radius 1 is 0.861 bits per heavy atom. The number of nitrogens with one attached hydrogen (secondary N) is 1. The largest absolute Gasteiger partial charge is 0.352 e. The highest BCUT2D eigenvalue weighted by Gasteiger charge is 2.31. The number of benzene rings is 3. The third kappa shape index (κ3) is 7.99. The van der Waals surface area contributed by atoms with E-state index in [0.29, 0.717) is 27.9 Å². The lowest BCUT2D eigenvalue weighted by Gasteiger charge is -2.32. The van der Waals surface area contributed by atoms with Gasteiger partial charge in [-0.1, -0.05) is 96.3 Å².